The Balaban J connectivity index is 1.67. The average Bonchev–Trinajstić information content (AvgIpc) is 2.31. The number of aryl methyl sites for hydroxylation is 1. The second-order valence-corrected chi connectivity index (χ2v) is 4.70. The molecule has 2 nitrogen and oxygen atoms in total. The predicted octanol–water partition coefficient (Wildman–Crippen LogP) is 2.99. The molecule has 0 bridgehead atoms. The van der Waals surface area contributed by atoms with Crippen LogP contribution in [0.15, 0.2) is 48.7 Å². The van der Waals surface area contributed by atoms with E-state index in [9.17, 15) is 0 Å². The molecule has 1 saturated heterocycles. The van der Waals surface area contributed by atoms with E-state index in [-0.39, 0.29) is 0 Å². The zero-order chi connectivity index (χ0) is 11.7. The lowest BCUT2D eigenvalue weighted by Crippen LogP contribution is -2.45. The Morgan fingerprint density at radius 2 is 1.82 bits per heavy atom. The van der Waals surface area contributed by atoms with E-state index in [1.807, 2.05) is 18.3 Å². The molecule has 1 aromatic heterocycles. The fourth-order valence-corrected chi connectivity index (χ4v) is 2.26. The van der Waals surface area contributed by atoms with Crippen LogP contribution in [0, 0.1) is 6.92 Å². The Labute approximate surface area is 102 Å². The Morgan fingerprint density at radius 1 is 1.06 bits per heavy atom. The third-order valence-corrected chi connectivity index (χ3v) is 3.40. The van der Waals surface area contributed by atoms with Gasteiger partial charge in [-0.2, -0.15) is 0 Å². The first-order valence-corrected chi connectivity index (χ1v) is 6.05. The minimum atomic E-state index is 0.664. The fourth-order valence-electron chi connectivity index (χ4n) is 2.26. The van der Waals surface area contributed by atoms with Crippen LogP contribution in [-0.4, -0.2) is 18.1 Å². The second-order valence-electron chi connectivity index (χ2n) is 4.70. The molecule has 0 N–H and O–H groups in total. The summed E-state index contributed by atoms with van der Waals surface area (Å²) in [5.74, 6) is 1.76. The molecule has 1 aliphatic rings. The Bertz CT molecular complexity index is 484. The van der Waals surface area contributed by atoms with Crippen molar-refractivity contribution in [2.75, 3.05) is 18.0 Å². The highest BCUT2D eigenvalue weighted by Gasteiger charge is 2.28. The minimum absolute atomic E-state index is 0.664. The molecule has 3 rings (SSSR count). The predicted molar refractivity (Wildman–Crippen MR) is 70.4 cm³/mol. The number of pyridine rings is 1. The van der Waals surface area contributed by atoms with Crippen LogP contribution >= 0.6 is 0 Å². The van der Waals surface area contributed by atoms with E-state index in [0.717, 1.165) is 18.9 Å². The van der Waals surface area contributed by atoms with Gasteiger partial charge in [-0.05, 0) is 24.6 Å². The summed E-state index contributed by atoms with van der Waals surface area (Å²) in [6, 6.07) is 15.0. The van der Waals surface area contributed by atoms with Gasteiger partial charge in [0.1, 0.15) is 5.82 Å². The topological polar surface area (TPSA) is 16.1 Å². The number of aromatic nitrogens is 1. The maximum atomic E-state index is 4.37. The summed E-state index contributed by atoms with van der Waals surface area (Å²) in [7, 11) is 0. The van der Waals surface area contributed by atoms with E-state index in [2.05, 4.69) is 47.1 Å². The lowest BCUT2D eigenvalue weighted by Gasteiger charge is -2.40. The summed E-state index contributed by atoms with van der Waals surface area (Å²) in [6.07, 6.45) is 1.86. The number of anilines is 1. The molecule has 0 unspecified atom stereocenters. The van der Waals surface area contributed by atoms with Gasteiger partial charge in [0.25, 0.3) is 0 Å². The third kappa shape index (κ3) is 2.03. The molecule has 2 aromatic rings. The third-order valence-electron chi connectivity index (χ3n) is 3.40. The first kappa shape index (κ1) is 10.3. The van der Waals surface area contributed by atoms with Crippen LogP contribution in [-0.2, 0) is 0 Å². The molecule has 0 atom stereocenters. The number of rotatable bonds is 2. The summed E-state index contributed by atoms with van der Waals surface area (Å²) >= 11 is 0. The molecule has 1 aromatic carbocycles. The van der Waals surface area contributed by atoms with Crippen molar-refractivity contribution in [3.8, 4) is 0 Å². The molecule has 0 radical (unpaired) electrons. The van der Waals surface area contributed by atoms with Gasteiger partial charge in [0.15, 0.2) is 0 Å². The van der Waals surface area contributed by atoms with Crippen LogP contribution in [0.4, 0.5) is 5.82 Å². The van der Waals surface area contributed by atoms with Crippen LogP contribution in [0.1, 0.15) is 17.0 Å². The molecule has 0 spiro atoms. The van der Waals surface area contributed by atoms with Gasteiger partial charge in [0.05, 0.1) is 0 Å². The molecular formula is C15H16N2. The van der Waals surface area contributed by atoms with Crippen LogP contribution in [0.2, 0.25) is 0 Å². The maximum absolute atomic E-state index is 4.37. The van der Waals surface area contributed by atoms with E-state index in [4.69, 9.17) is 0 Å². The van der Waals surface area contributed by atoms with Crippen molar-refractivity contribution in [2.45, 2.75) is 12.8 Å². The molecule has 2 heterocycles. The normalized spacial score (nSPS) is 15.7. The van der Waals surface area contributed by atoms with Crippen molar-refractivity contribution in [3.63, 3.8) is 0 Å². The maximum Gasteiger partial charge on any atom is 0.128 e. The van der Waals surface area contributed by atoms with Gasteiger partial charge in [-0.1, -0.05) is 35.9 Å². The van der Waals surface area contributed by atoms with E-state index in [0.29, 0.717) is 5.92 Å². The van der Waals surface area contributed by atoms with Crippen LogP contribution in [0.3, 0.4) is 0 Å². The molecular weight excluding hydrogens is 208 g/mol. The van der Waals surface area contributed by atoms with E-state index < -0.39 is 0 Å². The van der Waals surface area contributed by atoms with Crippen molar-refractivity contribution in [2.24, 2.45) is 0 Å². The molecule has 1 aliphatic heterocycles. The SMILES string of the molecule is Cc1ccc(C2CN(c3ccccn3)C2)cc1. The number of nitrogens with zero attached hydrogens (tertiary/aromatic N) is 2. The van der Waals surface area contributed by atoms with Gasteiger partial charge in [-0.25, -0.2) is 4.98 Å². The van der Waals surface area contributed by atoms with Gasteiger partial charge >= 0.3 is 0 Å². The largest absolute Gasteiger partial charge is 0.355 e. The summed E-state index contributed by atoms with van der Waals surface area (Å²) in [4.78, 5) is 6.69. The van der Waals surface area contributed by atoms with Gasteiger partial charge < -0.3 is 4.90 Å². The zero-order valence-electron chi connectivity index (χ0n) is 10.0. The Hall–Kier alpha value is -1.83. The number of benzene rings is 1. The zero-order valence-corrected chi connectivity index (χ0v) is 10.0. The smallest absolute Gasteiger partial charge is 0.128 e. The first-order valence-electron chi connectivity index (χ1n) is 6.05. The number of hydrogen-bond acceptors (Lipinski definition) is 2. The lowest BCUT2D eigenvalue weighted by atomic mass is 9.91. The molecule has 86 valence electrons. The lowest BCUT2D eigenvalue weighted by molar-refractivity contribution is 0.520. The second kappa shape index (κ2) is 4.21. The van der Waals surface area contributed by atoms with Gasteiger partial charge in [-0.15, -0.1) is 0 Å². The Kier molecular flexibility index (Phi) is 2.56. The van der Waals surface area contributed by atoms with Crippen molar-refractivity contribution in [1.82, 2.24) is 4.98 Å². The summed E-state index contributed by atoms with van der Waals surface area (Å²) in [6.45, 7) is 4.30. The van der Waals surface area contributed by atoms with Crippen molar-refractivity contribution < 1.29 is 0 Å². The number of hydrogen-bond donors (Lipinski definition) is 0. The molecule has 0 aliphatic carbocycles. The van der Waals surface area contributed by atoms with Crippen molar-refractivity contribution in [1.29, 1.82) is 0 Å². The quantitative estimate of drug-likeness (QED) is 0.779. The first-order chi connectivity index (χ1) is 8.33. The molecule has 1 fully saturated rings. The highest BCUT2D eigenvalue weighted by atomic mass is 15.2. The molecule has 2 heteroatoms. The highest BCUT2D eigenvalue weighted by Crippen LogP contribution is 2.30. The monoisotopic (exact) mass is 224 g/mol. The summed E-state index contributed by atoms with van der Waals surface area (Å²) in [5, 5.41) is 0. The molecule has 0 amide bonds. The van der Waals surface area contributed by atoms with Gasteiger partial charge in [0.2, 0.25) is 0 Å². The minimum Gasteiger partial charge on any atom is -0.355 e. The van der Waals surface area contributed by atoms with E-state index in [1.165, 1.54) is 11.1 Å². The Morgan fingerprint density at radius 3 is 2.47 bits per heavy atom. The van der Waals surface area contributed by atoms with E-state index >= 15 is 0 Å². The fraction of sp³-hybridized carbons (Fsp3) is 0.267. The molecule has 0 saturated carbocycles. The summed E-state index contributed by atoms with van der Waals surface area (Å²) in [5.41, 5.74) is 2.78. The molecule has 17 heavy (non-hydrogen) atoms. The van der Waals surface area contributed by atoms with E-state index in [1.54, 1.807) is 0 Å². The van der Waals surface area contributed by atoms with Crippen molar-refractivity contribution >= 4 is 5.82 Å². The highest BCUT2D eigenvalue weighted by molar-refractivity contribution is 5.44. The average molecular weight is 224 g/mol. The van der Waals surface area contributed by atoms with Crippen LogP contribution in [0.25, 0.3) is 0 Å². The van der Waals surface area contributed by atoms with Crippen molar-refractivity contribution in [3.05, 3.63) is 59.8 Å². The van der Waals surface area contributed by atoms with Crippen LogP contribution < -0.4 is 4.90 Å². The standard InChI is InChI=1S/C15H16N2/c1-12-5-7-13(8-6-12)14-10-17(11-14)15-4-2-3-9-16-15/h2-9,14H,10-11H2,1H3. The summed E-state index contributed by atoms with van der Waals surface area (Å²) < 4.78 is 0. The van der Waals surface area contributed by atoms with Gasteiger partial charge in [-0.3, -0.25) is 0 Å². The van der Waals surface area contributed by atoms with Crippen LogP contribution in [0.5, 0.6) is 0 Å². The van der Waals surface area contributed by atoms with Gasteiger partial charge in [0, 0.05) is 25.2 Å².